The maximum absolute atomic E-state index is 12.5. The zero-order valence-corrected chi connectivity index (χ0v) is 13.3. The summed E-state index contributed by atoms with van der Waals surface area (Å²) < 4.78 is 0. The smallest absolute Gasteiger partial charge is 0.222 e. The van der Waals surface area contributed by atoms with Crippen molar-refractivity contribution >= 4 is 5.91 Å². The minimum absolute atomic E-state index is 0.330. The SMILES string of the molecule is NC1CCCC(CC(=O)N2CCC(N3CCCCC3)C2)C1. The molecule has 0 aromatic rings. The normalized spacial score (nSPS) is 35.1. The highest BCUT2D eigenvalue weighted by molar-refractivity contribution is 5.76. The van der Waals surface area contributed by atoms with Crippen LogP contribution in [0.25, 0.3) is 0 Å². The molecule has 2 aliphatic heterocycles. The Kier molecular flexibility index (Phi) is 5.17. The van der Waals surface area contributed by atoms with Gasteiger partial charge >= 0.3 is 0 Å². The molecule has 21 heavy (non-hydrogen) atoms. The molecule has 2 N–H and O–H groups in total. The predicted octanol–water partition coefficient (Wildman–Crippen LogP) is 1.98. The minimum Gasteiger partial charge on any atom is -0.341 e. The molecule has 1 aliphatic carbocycles. The molecule has 1 saturated carbocycles. The van der Waals surface area contributed by atoms with E-state index in [4.69, 9.17) is 5.73 Å². The molecule has 1 amide bonds. The quantitative estimate of drug-likeness (QED) is 0.865. The lowest BCUT2D eigenvalue weighted by molar-refractivity contribution is -0.131. The van der Waals surface area contributed by atoms with Crippen molar-refractivity contribution in [2.45, 2.75) is 69.9 Å². The summed E-state index contributed by atoms with van der Waals surface area (Å²) in [6.07, 6.45) is 10.6. The zero-order valence-electron chi connectivity index (χ0n) is 13.3. The van der Waals surface area contributed by atoms with Crippen molar-refractivity contribution < 1.29 is 4.79 Å². The first-order chi connectivity index (χ1) is 10.2. The van der Waals surface area contributed by atoms with E-state index in [9.17, 15) is 4.79 Å². The molecule has 3 unspecified atom stereocenters. The van der Waals surface area contributed by atoms with Gasteiger partial charge in [0.2, 0.25) is 5.91 Å². The van der Waals surface area contributed by atoms with E-state index in [0.717, 1.165) is 32.4 Å². The molecule has 4 nitrogen and oxygen atoms in total. The van der Waals surface area contributed by atoms with Crippen molar-refractivity contribution in [2.24, 2.45) is 11.7 Å². The molecule has 0 radical (unpaired) electrons. The number of nitrogens with two attached hydrogens (primary N) is 1. The lowest BCUT2D eigenvalue weighted by Gasteiger charge is -2.32. The molecular weight excluding hydrogens is 262 g/mol. The number of piperidine rings is 1. The van der Waals surface area contributed by atoms with Crippen LogP contribution in [-0.4, -0.2) is 54.0 Å². The number of carbonyl (C=O) groups is 1. The monoisotopic (exact) mass is 293 g/mol. The highest BCUT2D eigenvalue weighted by Crippen LogP contribution is 2.28. The van der Waals surface area contributed by atoms with Gasteiger partial charge in [-0.2, -0.15) is 0 Å². The fourth-order valence-corrected chi connectivity index (χ4v) is 4.44. The van der Waals surface area contributed by atoms with Gasteiger partial charge in [0.25, 0.3) is 0 Å². The van der Waals surface area contributed by atoms with Crippen LogP contribution in [0.2, 0.25) is 0 Å². The Morgan fingerprint density at radius 1 is 1.00 bits per heavy atom. The molecule has 3 rings (SSSR count). The fourth-order valence-electron chi connectivity index (χ4n) is 4.44. The van der Waals surface area contributed by atoms with Gasteiger partial charge in [-0.05, 0) is 57.5 Å². The molecule has 120 valence electrons. The lowest BCUT2D eigenvalue weighted by atomic mass is 9.84. The third kappa shape index (κ3) is 3.98. The maximum atomic E-state index is 12.5. The van der Waals surface area contributed by atoms with E-state index in [0.29, 0.717) is 23.9 Å². The van der Waals surface area contributed by atoms with Crippen LogP contribution in [0.5, 0.6) is 0 Å². The number of carbonyl (C=O) groups excluding carboxylic acids is 1. The van der Waals surface area contributed by atoms with Crippen LogP contribution in [0.4, 0.5) is 0 Å². The molecule has 2 heterocycles. The Morgan fingerprint density at radius 2 is 1.81 bits per heavy atom. The first-order valence-corrected chi connectivity index (χ1v) is 9.00. The van der Waals surface area contributed by atoms with Crippen LogP contribution in [-0.2, 0) is 4.79 Å². The molecule has 0 spiro atoms. The highest BCUT2D eigenvalue weighted by Gasteiger charge is 2.32. The van der Waals surface area contributed by atoms with Gasteiger partial charge in [0, 0.05) is 31.6 Å². The van der Waals surface area contributed by atoms with Gasteiger partial charge < -0.3 is 10.6 Å². The predicted molar refractivity (Wildman–Crippen MR) is 85.0 cm³/mol. The lowest BCUT2D eigenvalue weighted by Crippen LogP contribution is -2.42. The molecule has 0 aromatic carbocycles. The van der Waals surface area contributed by atoms with E-state index in [-0.39, 0.29) is 0 Å². The molecule has 0 aromatic heterocycles. The summed E-state index contributed by atoms with van der Waals surface area (Å²) in [4.78, 5) is 17.3. The van der Waals surface area contributed by atoms with E-state index < -0.39 is 0 Å². The Morgan fingerprint density at radius 3 is 2.57 bits per heavy atom. The van der Waals surface area contributed by atoms with Crippen LogP contribution in [0.3, 0.4) is 0 Å². The maximum Gasteiger partial charge on any atom is 0.222 e. The second-order valence-corrected chi connectivity index (χ2v) is 7.38. The standard InChI is InChI=1S/C17H31N3O/c18-15-6-4-5-14(11-15)12-17(21)20-10-7-16(13-20)19-8-2-1-3-9-19/h14-16H,1-13,18H2. The summed E-state index contributed by atoms with van der Waals surface area (Å²) in [6, 6.07) is 0.957. The number of rotatable bonds is 3. The van der Waals surface area contributed by atoms with Crippen LogP contribution in [0.1, 0.15) is 57.8 Å². The third-order valence-electron chi connectivity index (χ3n) is 5.71. The number of hydrogen-bond donors (Lipinski definition) is 1. The average Bonchev–Trinajstić information content (AvgIpc) is 2.98. The largest absolute Gasteiger partial charge is 0.341 e. The van der Waals surface area contributed by atoms with Crippen molar-refractivity contribution in [3.05, 3.63) is 0 Å². The Hall–Kier alpha value is -0.610. The van der Waals surface area contributed by atoms with Gasteiger partial charge in [0.1, 0.15) is 0 Å². The molecular formula is C17H31N3O. The van der Waals surface area contributed by atoms with Crippen molar-refractivity contribution in [3.8, 4) is 0 Å². The average molecular weight is 293 g/mol. The van der Waals surface area contributed by atoms with Crippen molar-refractivity contribution in [2.75, 3.05) is 26.2 Å². The number of hydrogen-bond acceptors (Lipinski definition) is 3. The van der Waals surface area contributed by atoms with E-state index in [1.54, 1.807) is 0 Å². The summed E-state index contributed by atoms with van der Waals surface area (Å²) in [7, 11) is 0. The number of amides is 1. The van der Waals surface area contributed by atoms with Gasteiger partial charge in [-0.25, -0.2) is 0 Å². The second-order valence-electron chi connectivity index (χ2n) is 7.38. The van der Waals surface area contributed by atoms with Crippen LogP contribution >= 0.6 is 0 Å². The minimum atomic E-state index is 0.330. The summed E-state index contributed by atoms with van der Waals surface area (Å²) in [5.41, 5.74) is 6.04. The number of likely N-dealkylation sites (tertiary alicyclic amines) is 2. The molecule has 0 bridgehead atoms. The van der Waals surface area contributed by atoms with Gasteiger partial charge in [0.15, 0.2) is 0 Å². The topological polar surface area (TPSA) is 49.6 Å². The van der Waals surface area contributed by atoms with Gasteiger partial charge in [-0.3, -0.25) is 9.69 Å². The van der Waals surface area contributed by atoms with Gasteiger partial charge in [-0.15, -0.1) is 0 Å². The molecule has 3 fully saturated rings. The summed E-state index contributed by atoms with van der Waals surface area (Å²) in [6.45, 7) is 4.42. The summed E-state index contributed by atoms with van der Waals surface area (Å²) in [5.74, 6) is 0.920. The Balaban J connectivity index is 1.45. The van der Waals surface area contributed by atoms with E-state index in [1.807, 2.05) is 0 Å². The van der Waals surface area contributed by atoms with Crippen LogP contribution < -0.4 is 5.73 Å². The molecule has 4 heteroatoms. The first kappa shape index (κ1) is 15.3. The fraction of sp³-hybridized carbons (Fsp3) is 0.941. The van der Waals surface area contributed by atoms with E-state index >= 15 is 0 Å². The van der Waals surface area contributed by atoms with Crippen LogP contribution in [0.15, 0.2) is 0 Å². The highest BCUT2D eigenvalue weighted by atomic mass is 16.2. The summed E-state index contributed by atoms with van der Waals surface area (Å²) >= 11 is 0. The Labute approximate surface area is 129 Å². The van der Waals surface area contributed by atoms with Crippen molar-refractivity contribution in [1.82, 2.24) is 9.80 Å². The van der Waals surface area contributed by atoms with Crippen molar-refractivity contribution in [3.63, 3.8) is 0 Å². The summed E-state index contributed by atoms with van der Waals surface area (Å²) in [5, 5.41) is 0. The second kappa shape index (κ2) is 7.10. The van der Waals surface area contributed by atoms with E-state index in [1.165, 1.54) is 51.6 Å². The van der Waals surface area contributed by atoms with Gasteiger partial charge in [-0.1, -0.05) is 12.8 Å². The van der Waals surface area contributed by atoms with Crippen LogP contribution in [0, 0.1) is 5.92 Å². The molecule has 3 aliphatic rings. The third-order valence-corrected chi connectivity index (χ3v) is 5.71. The van der Waals surface area contributed by atoms with E-state index in [2.05, 4.69) is 9.80 Å². The zero-order chi connectivity index (χ0) is 14.7. The first-order valence-electron chi connectivity index (χ1n) is 9.00. The van der Waals surface area contributed by atoms with Crippen molar-refractivity contribution in [1.29, 1.82) is 0 Å². The molecule has 3 atom stereocenters. The molecule has 2 saturated heterocycles. The number of nitrogens with zero attached hydrogens (tertiary/aromatic N) is 2. The Bertz CT molecular complexity index is 354. The van der Waals surface area contributed by atoms with Gasteiger partial charge in [0.05, 0.1) is 0 Å².